The monoisotopic (exact) mass is 453 g/mol. The Balaban J connectivity index is 1.60. The summed E-state index contributed by atoms with van der Waals surface area (Å²) in [6.07, 6.45) is 2.52. The van der Waals surface area contributed by atoms with Gasteiger partial charge in [0.25, 0.3) is 0 Å². The molecule has 0 fully saturated rings. The van der Waals surface area contributed by atoms with Crippen molar-refractivity contribution >= 4 is 16.9 Å². The molecule has 0 unspecified atom stereocenters. The lowest BCUT2D eigenvalue weighted by Crippen LogP contribution is -2.24. The molecule has 1 N–H and O–H groups in total. The van der Waals surface area contributed by atoms with Gasteiger partial charge in [-0.1, -0.05) is 19.4 Å². The van der Waals surface area contributed by atoms with Crippen molar-refractivity contribution in [3.8, 4) is 17.2 Å². The SMILES string of the molecule is CCCCOc1ccc(CNC(=O)CCc2c(C)c3ccc(OC)cc3oc2=O)cc1OC. The Morgan fingerprint density at radius 1 is 1.06 bits per heavy atom. The van der Waals surface area contributed by atoms with Crippen LogP contribution in [0.4, 0.5) is 0 Å². The van der Waals surface area contributed by atoms with Crippen LogP contribution in [0.25, 0.3) is 11.0 Å². The predicted octanol–water partition coefficient (Wildman–Crippen LogP) is 4.55. The molecule has 3 rings (SSSR count). The lowest BCUT2D eigenvalue weighted by Gasteiger charge is -2.13. The zero-order valence-electron chi connectivity index (χ0n) is 19.7. The third-order valence-electron chi connectivity index (χ3n) is 5.57. The van der Waals surface area contributed by atoms with E-state index in [9.17, 15) is 9.59 Å². The average Bonchev–Trinajstić information content (AvgIpc) is 2.82. The number of ether oxygens (including phenoxy) is 3. The van der Waals surface area contributed by atoms with E-state index in [-0.39, 0.29) is 12.3 Å². The molecular formula is C26H31NO6. The number of unbranched alkanes of at least 4 members (excludes halogenated alkanes) is 1. The number of hydrogen-bond acceptors (Lipinski definition) is 6. The molecule has 0 aliphatic heterocycles. The second kappa shape index (κ2) is 11.4. The third-order valence-corrected chi connectivity index (χ3v) is 5.57. The topological polar surface area (TPSA) is 87.0 Å². The van der Waals surface area contributed by atoms with Gasteiger partial charge >= 0.3 is 5.63 Å². The molecule has 0 atom stereocenters. The minimum atomic E-state index is -0.426. The van der Waals surface area contributed by atoms with Gasteiger partial charge in [0.05, 0.1) is 20.8 Å². The molecule has 0 saturated heterocycles. The van der Waals surface area contributed by atoms with Crippen molar-refractivity contribution in [3.05, 3.63) is 63.5 Å². The van der Waals surface area contributed by atoms with Crippen molar-refractivity contribution in [1.29, 1.82) is 0 Å². The van der Waals surface area contributed by atoms with Crippen molar-refractivity contribution in [2.24, 2.45) is 0 Å². The Bertz CT molecular complexity index is 1170. The van der Waals surface area contributed by atoms with Gasteiger partial charge in [-0.25, -0.2) is 4.79 Å². The maximum atomic E-state index is 12.5. The van der Waals surface area contributed by atoms with E-state index >= 15 is 0 Å². The van der Waals surface area contributed by atoms with Crippen LogP contribution >= 0.6 is 0 Å². The summed E-state index contributed by atoms with van der Waals surface area (Å²) >= 11 is 0. The van der Waals surface area contributed by atoms with Gasteiger partial charge in [0, 0.05) is 30.0 Å². The van der Waals surface area contributed by atoms with E-state index in [1.165, 1.54) is 0 Å². The predicted molar refractivity (Wildman–Crippen MR) is 127 cm³/mol. The van der Waals surface area contributed by atoms with E-state index in [4.69, 9.17) is 18.6 Å². The molecule has 0 bridgehead atoms. The van der Waals surface area contributed by atoms with Crippen molar-refractivity contribution in [2.45, 2.75) is 46.1 Å². The number of methoxy groups -OCH3 is 2. The molecule has 2 aromatic carbocycles. The zero-order chi connectivity index (χ0) is 23.8. The van der Waals surface area contributed by atoms with Crippen LogP contribution in [0.3, 0.4) is 0 Å². The van der Waals surface area contributed by atoms with Gasteiger partial charge in [-0.05, 0) is 55.2 Å². The Morgan fingerprint density at radius 2 is 1.88 bits per heavy atom. The molecule has 176 valence electrons. The average molecular weight is 454 g/mol. The number of hydrogen-bond donors (Lipinski definition) is 1. The quantitative estimate of drug-likeness (QED) is 0.339. The summed E-state index contributed by atoms with van der Waals surface area (Å²) in [5, 5.41) is 3.73. The number of aryl methyl sites for hydroxylation is 1. The normalized spacial score (nSPS) is 10.8. The van der Waals surface area contributed by atoms with Gasteiger partial charge in [-0.15, -0.1) is 0 Å². The number of fused-ring (bicyclic) bond motifs is 1. The molecule has 0 aliphatic rings. The standard InChI is InChI=1S/C26H31NO6/c1-5-6-13-32-22-11-7-18(14-24(22)31-4)16-27-25(28)12-10-21-17(2)20-9-8-19(30-3)15-23(20)33-26(21)29/h7-9,11,14-15H,5-6,10,12-13,16H2,1-4H3,(H,27,28). The number of carbonyl (C=O) groups is 1. The fraction of sp³-hybridized carbons (Fsp3) is 0.385. The molecule has 1 aromatic heterocycles. The molecule has 7 nitrogen and oxygen atoms in total. The van der Waals surface area contributed by atoms with E-state index in [0.717, 1.165) is 29.4 Å². The fourth-order valence-electron chi connectivity index (χ4n) is 3.59. The van der Waals surface area contributed by atoms with E-state index in [0.29, 0.717) is 48.0 Å². The van der Waals surface area contributed by atoms with Crippen LogP contribution in [-0.2, 0) is 17.8 Å². The highest BCUT2D eigenvalue weighted by Gasteiger charge is 2.14. The van der Waals surface area contributed by atoms with Crippen LogP contribution in [0.2, 0.25) is 0 Å². The molecule has 1 heterocycles. The van der Waals surface area contributed by atoms with Gasteiger partial charge in [0.2, 0.25) is 5.91 Å². The second-order valence-corrected chi connectivity index (χ2v) is 7.82. The maximum Gasteiger partial charge on any atom is 0.339 e. The maximum absolute atomic E-state index is 12.5. The van der Waals surface area contributed by atoms with Crippen molar-refractivity contribution < 1.29 is 23.4 Å². The summed E-state index contributed by atoms with van der Waals surface area (Å²) in [6, 6.07) is 11.0. The molecular weight excluding hydrogens is 422 g/mol. The zero-order valence-corrected chi connectivity index (χ0v) is 19.7. The fourth-order valence-corrected chi connectivity index (χ4v) is 3.59. The molecule has 0 saturated carbocycles. The summed E-state index contributed by atoms with van der Waals surface area (Å²) in [4.78, 5) is 24.9. The summed E-state index contributed by atoms with van der Waals surface area (Å²) < 4.78 is 21.8. The van der Waals surface area contributed by atoms with Crippen molar-refractivity contribution in [1.82, 2.24) is 5.32 Å². The molecule has 0 spiro atoms. The summed E-state index contributed by atoms with van der Waals surface area (Å²) in [5.41, 5.74) is 2.28. The first-order chi connectivity index (χ1) is 16.0. The van der Waals surface area contributed by atoms with E-state index in [1.807, 2.05) is 37.3 Å². The molecule has 7 heteroatoms. The molecule has 33 heavy (non-hydrogen) atoms. The summed E-state index contributed by atoms with van der Waals surface area (Å²) in [6.45, 7) is 4.97. The summed E-state index contributed by atoms with van der Waals surface area (Å²) in [5.74, 6) is 1.80. The highest BCUT2D eigenvalue weighted by atomic mass is 16.5. The van der Waals surface area contributed by atoms with Crippen molar-refractivity contribution in [3.63, 3.8) is 0 Å². The first kappa shape index (κ1) is 24.2. The lowest BCUT2D eigenvalue weighted by atomic mass is 10.0. The molecule has 0 radical (unpaired) electrons. The van der Waals surface area contributed by atoms with Crippen molar-refractivity contribution in [2.75, 3.05) is 20.8 Å². The van der Waals surface area contributed by atoms with Gasteiger partial charge in [0.15, 0.2) is 11.5 Å². The van der Waals surface area contributed by atoms with E-state index in [1.54, 1.807) is 20.3 Å². The second-order valence-electron chi connectivity index (χ2n) is 7.82. The number of benzene rings is 2. The Kier molecular flexibility index (Phi) is 8.35. The van der Waals surface area contributed by atoms with Crippen LogP contribution < -0.4 is 25.2 Å². The lowest BCUT2D eigenvalue weighted by molar-refractivity contribution is -0.121. The highest BCUT2D eigenvalue weighted by Crippen LogP contribution is 2.28. The Morgan fingerprint density at radius 3 is 2.61 bits per heavy atom. The van der Waals surface area contributed by atoms with E-state index in [2.05, 4.69) is 12.2 Å². The number of carbonyl (C=O) groups excluding carboxylic acids is 1. The van der Waals surface area contributed by atoms with Gasteiger partial charge in [-0.2, -0.15) is 0 Å². The van der Waals surface area contributed by atoms with Crippen LogP contribution in [0.5, 0.6) is 17.2 Å². The number of rotatable bonds is 11. The smallest absolute Gasteiger partial charge is 0.339 e. The van der Waals surface area contributed by atoms with Crippen LogP contribution in [-0.4, -0.2) is 26.7 Å². The Hall–Kier alpha value is -3.48. The van der Waals surface area contributed by atoms with Gasteiger partial charge in [0.1, 0.15) is 11.3 Å². The largest absolute Gasteiger partial charge is 0.497 e. The highest BCUT2D eigenvalue weighted by molar-refractivity contribution is 5.82. The third kappa shape index (κ3) is 6.06. The first-order valence-corrected chi connectivity index (χ1v) is 11.1. The van der Waals surface area contributed by atoms with Crippen LogP contribution in [0.1, 0.15) is 42.9 Å². The first-order valence-electron chi connectivity index (χ1n) is 11.1. The van der Waals surface area contributed by atoms with Gasteiger partial charge in [-0.3, -0.25) is 4.79 Å². The minimum Gasteiger partial charge on any atom is -0.497 e. The Labute approximate surface area is 193 Å². The number of nitrogens with one attached hydrogen (secondary N) is 1. The van der Waals surface area contributed by atoms with E-state index < -0.39 is 5.63 Å². The molecule has 3 aromatic rings. The van der Waals surface area contributed by atoms with Crippen LogP contribution in [0, 0.1) is 6.92 Å². The summed E-state index contributed by atoms with van der Waals surface area (Å²) in [7, 11) is 3.16. The van der Waals surface area contributed by atoms with Crippen LogP contribution in [0.15, 0.2) is 45.6 Å². The van der Waals surface area contributed by atoms with Gasteiger partial charge < -0.3 is 23.9 Å². The molecule has 1 amide bonds. The number of amides is 1. The minimum absolute atomic E-state index is 0.147. The molecule has 0 aliphatic carbocycles.